The first-order valence-electron chi connectivity index (χ1n) is 8.22. The van der Waals surface area contributed by atoms with Crippen molar-refractivity contribution in [2.24, 2.45) is 5.73 Å². The van der Waals surface area contributed by atoms with Crippen molar-refractivity contribution in [2.75, 3.05) is 6.54 Å². The van der Waals surface area contributed by atoms with Crippen molar-refractivity contribution in [2.45, 2.75) is 33.9 Å². The molecule has 8 heteroatoms. The van der Waals surface area contributed by atoms with E-state index in [1.165, 1.54) is 0 Å². The standard InChI is InChI=1S/C11H14N2O3.C8H9NO2.2CH4/c1-2-12-11(16)13-9(10(14)15)8-6-4-3-5-7-8;9-7(8(10)11)6-4-2-1-3-5-6;;/h3-7,9H,2H2,1H3,(H,14,15)(H2,12,13,16);1-5,7H,9H2,(H,10,11);2*1H4/t9-;7-;;/m11../s1. The van der Waals surface area contributed by atoms with Crippen molar-refractivity contribution in [1.29, 1.82) is 0 Å². The minimum atomic E-state index is -1.09. The van der Waals surface area contributed by atoms with Crippen molar-refractivity contribution in [3.63, 3.8) is 0 Å². The third-order valence-electron chi connectivity index (χ3n) is 3.42. The largest absolute Gasteiger partial charge is 0.480 e. The highest BCUT2D eigenvalue weighted by atomic mass is 16.4. The second kappa shape index (κ2) is 14.6. The second-order valence-corrected chi connectivity index (χ2v) is 5.41. The zero-order valence-corrected chi connectivity index (χ0v) is 14.8. The lowest BCUT2D eigenvalue weighted by molar-refractivity contribution is -0.140. The molecule has 8 nitrogen and oxygen atoms in total. The van der Waals surface area contributed by atoms with E-state index >= 15 is 0 Å². The highest BCUT2D eigenvalue weighted by Crippen LogP contribution is 2.12. The van der Waals surface area contributed by atoms with Crippen LogP contribution in [0.25, 0.3) is 0 Å². The molecule has 0 radical (unpaired) electrons. The second-order valence-electron chi connectivity index (χ2n) is 5.41. The van der Waals surface area contributed by atoms with Crippen LogP contribution >= 0.6 is 0 Å². The quantitative estimate of drug-likeness (QED) is 0.500. The lowest BCUT2D eigenvalue weighted by atomic mass is 10.1. The van der Waals surface area contributed by atoms with E-state index in [2.05, 4.69) is 10.6 Å². The maximum atomic E-state index is 11.2. The summed E-state index contributed by atoms with van der Waals surface area (Å²) in [6.45, 7) is 2.21. The summed E-state index contributed by atoms with van der Waals surface area (Å²) in [4.78, 5) is 32.6. The molecular weight excluding hydrogens is 374 g/mol. The molecule has 0 aliphatic heterocycles. The fraction of sp³-hybridized carbons (Fsp3) is 0.286. The number of nitrogens with two attached hydrogens (primary N) is 1. The Morgan fingerprint density at radius 3 is 1.69 bits per heavy atom. The summed E-state index contributed by atoms with van der Waals surface area (Å²) in [5.41, 5.74) is 6.51. The number of hydrogen-bond donors (Lipinski definition) is 5. The van der Waals surface area contributed by atoms with Gasteiger partial charge in [0.2, 0.25) is 0 Å². The average molecular weight is 405 g/mol. The Bertz CT molecular complexity index is 738. The molecule has 0 saturated heterocycles. The molecule has 2 rings (SSSR count). The maximum absolute atomic E-state index is 11.2. The Hall–Kier alpha value is -3.39. The number of benzene rings is 2. The molecule has 0 unspecified atom stereocenters. The van der Waals surface area contributed by atoms with Crippen LogP contribution < -0.4 is 16.4 Å². The molecule has 29 heavy (non-hydrogen) atoms. The minimum Gasteiger partial charge on any atom is -0.480 e. The van der Waals surface area contributed by atoms with Crippen molar-refractivity contribution in [3.05, 3.63) is 71.8 Å². The summed E-state index contributed by atoms with van der Waals surface area (Å²) in [5, 5.41) is 22.4. The van der Waals surface area contributed by atoms with Crippen molar-refractivity contribution in [3.8, 4) is 0 Å². The van der Waals surface area contributed by atoms with Crippen molar-refractivity contribution >= 4 is 18.0 Å². The van der Waals surface area contributed by atoms with Gasteiger partial charge in [-0.2, -0.15) is 0 Å². The van der Waals surface area contributed by atoms with Gasteiger partial charge in [0.25, 0.3) is 0 Å². The Morgan fingerprint density at radius 2 is 1.31 bits per heavy atom. The van der Waals surface area contributed by atoms with Crippen molar-refractivity contribution < 1.29 is 24.6 Å². The van der Waals surface area contributed by atoms with E-state index in [1.807, 2.05) is 6.07 Å². The van der Waals surface area contributed by atoms with Gasteiger partial charge < -0.3 is 26.6 Å². The molecular formula is C21H31N3O5. The van der Waals surface area contributed by atoms with Gasteiger partial charge in [-0.25, -0.2) is 9.59 Å². The van der Waals surface area contributed by atoms with Gasteiger partial charge in [-0.3, -0.25) is 4.79 Å². The molecule has 2 aromatic rings. The molecule has 2 aromatic carbocycles. The van der Waals surface area contributed by atoms with Gasteiger partial charge in [-0.05, 0) is 18.1 Å². The number of carbonyl (C=O) groups excluding carboxylic acids is 1. The fourth-order valence-electron chi connectivity index (χ4n) is 2.08. The molecule has 160 valence electrons. The molecule has 2 atom stereocenters. The van der Waals surface area contributed by atoms with E-state index in [-0.39, 0.29) is 14.9 Å². The smallest absolute Gasteiger partial charge is 0.330 e. The number of carboxylic acid groups (broad SMARTS) is 2. The van der Waals surface area contributed by atoms with Gasteiger partial charge in [-0.1, -0.05) is 75.5 Å². The highest BCUT2D eigenvalue weighted by Gasteiger charge is 2.21. The Balaban J connectivity index is 0. The zero-order chi connectivity index (χ0) is 20.2. The lowest BCUT2D eigenvalue weighted by Crippen LogP contribution is -2.40. The minimum absolute atomic E-state index is 0. The van der Waals surface area contributed by atoms with E-state index in [4.69, 9.17) is 15.9 Å². The highest BCUT2D eigenvalue weighted by molar-refractivity contribution is 5.83. The van der Waals surface area contributed by atoms with Crippen LogP contribution in [0.3, 0.4) is 0 Å². The number of urea groups is 1. The molecule has 0 heterocycles. The average Bonchev–Trinajstić information content (AvgIpc) is 2.67. The Morgan fingerprint density at radius 1 is 0.862 bits per heavy atom. The summed E-state index contributed by atoms with van der Waals surface area (Å²) in [7, 11) is 0. The maximum Gasteiger partial charge on any atom is 0.330 e. The summed E-state index contributed by atoms with van der Waals surface area (Å²) in [6, 6.07) is 14.9. The number of amides is 2. The first kappa shape index (κ1) is 27.8. The predicted molar refractivity (Wildman–Crippen MR) is 113 cm³/mol. The molecule has 0 bridgehead atoms. The molecule has 0 aliphatic carbocycles. The summed E-state index contributed by atoms with van der Waals surface area (Å²) in [5.74, 6) is -2.09. The van der Waals surface area contributed by atoms with E-state index < -0.39 is 30.1 Å². The summed E-state index contributed by atoms with van der Waals surface area (Å²) < 4.78 is 0. The third kappa shape index (κ3) is 9.92. The normalized spacial score (nSPS) is 11.1. The van der Waals surface area contributed by atoms with Crippen LogP contribution in [0.15, 0.2) is 60.7 Å². The van der Waals surface area contributed by atoms with E-state index in [0.29, 0.717) is 17.7 Å². The molecule has 2 amide bonds. The van der Waals surface area contributed by atoms with Crippen molar-refractivity contribution in [1.82, 2.24) is 10.6 Å². The third-order valence-corrected chi connectivity index (χ3v) is 3.42. The van der Waals surface area contributed by atoms with Crippen LogP contribution in [0.4, 0.5) is 4.79 Å². The molecule has 0 saturated carbocycles. The molecule has 0 aliphatic rings. The van der Waals surface area contributed by atoms with E-state index in [9.17, 15) is 14.4 Å². The number of rotatable bonds is 6. The predicted octanol–water partition coefficient (Wildman–Crippen LogP) is 3.17. The molecule has 0 aromatic heterocycles. The van der Waals surface area contributed by atoms with Crippen LogP contribution in [-0.4, -0.2) is 34.7 Å². The van der Waals surface area contributed by atoms with Gasteiger partial charge in [0.15, 0.2) is 6.04 Å². The number of carbonyl (C=O) groups is 3. The Labute approximate surface area is 171 Å². The first-order chi connectivity index (χ1) is 12.9. The van der Waals surface area contributed by atoms with Crippen LogP contribution in [-0.2, 0) is 9.59 Å². The summed E-state index contributed by atoms with van der Waals surface area (Å²) in [6.07, 6.45) is 0. The molecule has 6 N–H and O–H groups in total. The molecule has 0 fully saturated rings. The zero-order valence-electron chi connectivity index (χ0n) is 14.8. The van der Waals surface area contributed by atoms with Crippen LogP contribution in [0, 0.1) is 0 Å². The fourth-order valence-corrected chi connectivity index (χ4v) is 2.08. The lowest BCUT2D eigenvalue weighted by Gasteiger charge is -2.14. The van der Waals surface area contributed by atoms with Gasteiger partial charge >= 0.3 is 18.0 Å². The number of nitrogens with one attached hydrogen (secondary N) is 2. The van der Waals surface area contributed by atoms with E-state index in [1.54, 1.807) is 61.5 Å². The van der Waals surface area contributed by atoms with Gasteiger partial charge in [0, 0.05) is 6.54 Å². The molecule has 0 spiro atoms. The van der Waals surface area contributed by atoms with Gasteiger partial charge in [0.05, 0.1) is 0 Å². The van der Waals surface area contributed by atoms with Crippen LogP contribution in [0.2, 0.25) is 0 Å². The van der Waals surface area contributed by atoms with Crippen LogP contribution in [0.1, 0.15) is 45.0 Å². The first-order valence-corrected chi connectivity index (χ1v) is 8.22. The SMILES string of the molecule is C.C.CCNC(=O)N[C@@H](C(=O)O)c1ccccc1.N[C@@H](C(=O)O)c1ccccc1. The van der Waals surface area contributed by atoms with Gasteiger partial charge in [0.1, 0.15) is 6.04 Å². The monoisotopic (exact) mass is 405 g/mol. The number of aliphatic carboxylic acids is 2. The van der Waals surface area contributed by atoms with Crippen LogP contribution in [0.5, 0.6) is 0 Å². The number of hydrogen-bond acceptors (Lipinski definition) is 4. The van der Waals surface area contributed by atoms with E-state index in [0.717, 1.165) is 0 Å². The van der Waals surface area contributed by atoms with Gasteiger partial charge in [-0.15, -0.1) is 0 Å². The Kier molecular flexibility index (Phi) is 14.0. The topological polar surface area (TPSA) is 142 Å². The number of carboxylic acids is 2. The summed E-state index contributed by atoms with van der Waals surface area (Å²) >= 11 is 0.